The van der Waals surface area contributed by atoms with Crippen molar-refractivity contribution in [1.82, 2.24) is 10.6 Å². The molecule has 2 aliphatic rings. The third-order valence-electron chi connectivity index (χ3n) is 4.87. The van der Waals surface area contributed by atoms with Crippen LogP contribution in [0.5, 0.6) is 0 Å². The van der Waals surface area contributed by atoms with Gasteiger partial charge in [-0.15, -0.1) is 0 Å². The molecule has 2 fully saturated rings. The SMILES string of the molecule is O=C(CNC1CCCC1C1COCCN1)Nc1ccc(F)c(F)c1F. The first-order valence-corrected chi connectivity index (χ1v) is 8.54. The summed E-state index contributed by atoms with van der Waals surface area (Å²) in [6, 6.07) is 2.22. The summed E-state index contributed by atoms with van der Waals surface area (Å²) in [5, 5.41) is 8.91. The summed E-state index contributed by atoms with van der Waals surface area (Å²) in [5.41, 5.74) is -0.365. The summed E-state index contributed by atoms with van der Waals surface area (Å²) < 4.78 is 45.2. The maximum atomic E-state index is 13.6. The first kappa shape index (κ1) is 18.2. The largest absolute Gasteiger partial charge is 0.379 e. The van der Waals surface area contributed by atoms with Crippen molar-refractivity contribution in [2.75, 3.05) is 31.6 Å². The van der Waals surface area contributed by atoms with Gasteiger partial charge in [-0.1, -0.05) is 6.42 Å². The van der Waals surface area contributed by atoms with Crippen LogP contribution in [0.2, 0.25) is 0 Å². The monoisotopic (exact) mass is 357 g/mol. The van der Waals surface area contributed by atoms with Crippen molar-refractivity contribution >= 4 is 11.6 Å². The van der Waals surface area contributed by atoms with Crippen LogP contribution in [0.1, 0.15) is 19.3 Å². The number of benzene rings is 1. The highest BCUT2D eigenvalue weighted by molar-refractivity contribution is 5.92. The molecule has 25 heavy (non-hydrogen) atoms. The van der Waals surface area contributed by atoms with Gasteiger partial charge >= 0.3 is 0 Å². The topological polar surface area (TPSA) is 62.4 Å². The fourth-order valence-corrected chi connectivity index (χ4v) is 3.63. The van der Waals surface area contributed by atoms with E-state index in [0.29, 0.717) is 19.1 Å². The number of halogens is 3. The number of anilines is 1. The Balaban J connectivity index is 1.52. The molecule has 1 aliphatic heterocycles. The molecule has 3 unspecified atom stereocenters. The van der Waals surface area contributed by atoms with Crippen molar-refractivity contribution in [2.24, 2.45) is 5.92 Å². The van der Waals surface area contributed by atoms with Gasteiger partial charge in [-0.3, -0.25) is 4.79 Å². The highest BCUT2D eigenvalue weighted by atomic mass is 19.2. The van der Waals surface area contributed by atoms with E-state index >= 15 is 0 Å². The van der Waals surface area contributed by atoms with Crippen LogP contribution in [-0.2, 0) is 9.53 Å². The number of morpholine rings is 1. The van der Waals surface area contributed by atoms with Gasteiger partial charge in [0.2, 0.25) is 5.91 Å². The Labute approximate surface area is 144 Å². The molecular weight excluding hydrogens is 335 g/mol. The molecule has 3 N–H and O–H groups in total. The predicted molar refractivity (Wildman–Crippen MR) is 86.7 cm³/mol. The molecule has 1 aromatic rings. The van der Waals surface area contributed by atoms with Crippen LogP contribution in [0.15, 0.2) is 12.1 Å². The number of carbonyl (C=O) groups is 1. The lowest BCUT2D eigenvalue weighted by Gasteiger charge is -2.32. The van der Waals surface area contributed by atoms with Crippen LogP contribution in [0.25, 0.3) is 0 Å². The fourth-order valence-electron chi connectivity index (χ4n) is 3.63. The Morgan fingerprint density at radius 1 is 1.24 bits per heavy atom. The van der Waals surface area contributed by atoms with Crippen LogP contribution in [0.4, 0.5) is 18.9 Å². The molecule has 3 atom stereocenters. The van der Waals surface area contributed by atoms with Gasteiger partial charge in [-0.25, -0.2) is 13.2 Å². The number of hydrogen-bond acceptors (Lipinski definition) is 4. The van der Waals surface area contributed by atoms with Gasteiger partial charge in [0.05, 0.1) is 25.4 Å². The van der Waals surface area contributed by atoms with Crippen molar-refractivity contribution in [3.8, 4) is 0 Å². The molecule has 1 aliphatic carbocycles. The summed E-state index contributed by atoms with van der Waals surface area (Å²) in [4.78, 5) is 12.0. The summed E-state index contributed by atoms with van der Waals surface area (Å²) in [5.74, 6) is -4.40. The maximum Gasteiger partial charge on any atom is 0.238 e. The van der Waals surface area contributed by atoms with Crippen LogP contribution in [-0.4, -0.2) is 44.3 Å². The summed E-state index contributed by atoms with van der Waals surface area (Å²) in [7, 11) is 0. The van der Waals surface area contributed by atoms with Gasteiger partial charge < -0.3 is 20.7 Å². The molecule has 0 radical (unpaired) electrons. The zero-order chi connectivity index (χ0) is 17.8. The van der Waals surface area contributed by atoms with Gasteiger partial charge in [-0.2, -0.15) is 0 Å². The average molecular weight is 357 g/mol. The van der Waals surface area contributed by atoms with Crippen LogP contribution in [0, 0.1) is 23.4 Å². The van der Waals surface area contributed by atoms with Crippen molar-refractivity contribution in [3.05, 3.63) is 29.6 Å². The van der Waals surface area contributed by atoms with Crippen LogP contribution < -0.4 is 16.0 Å². The number of hydrogen-bond donors (Lipinski definition) is 3. The number of ether oxygens (including phenoxy) is 1. The zero-order valence-corrected chi connectivity index (χ0v) is 13.8. The molecule has 8 heteroatoms. The van der Waals surface area contributed by atoms with Gasteiger partial charge in [0.25, 0.3) is 0 Å². The standard InChI is InChI=1S/C17H22F3N3O2/c18-11-4-5-13(17(20)16(11)19)23-15(24)8-22-12-3-1-2-10(12)14-9-25-7-6-21-14/h4-5,10,12,14,21-22H,1-3,6-9H2,(H,23,24). The second-order valence-corrected chi connectivity index (χ2v) is 6.49. The molecular formula is C17H22F3N3O2. The highest BCUT2D eigenvalue weighted by Crippen LogP contribution is 2.29. The lowest BCUT2D eigenvalue weighted by atomic mass is 9.94. The lowest BCUT2D eigenvalue weighted by molar-refractivity contribution is -0.115. The van der Waals surface area contributed by atoms with Gasteiger partial charge in [0, 0.05) is 18.6 Å². The normalized spacial score (nSPS) is 26.6. The van der Waals surface area contributed by atoms with E-state index in [4.69, 9.17) is 4.74 Å². The smallest absolute Gasteiger partial charge is 0.238 e. The van der Waals surface area contributed by atoms with Gasteiger partial charge in [0.1, 0.15) is 0 Å². The zero-order valence-electron chi connectivity index (χ0n) is 13.8. The first-order valence-electron chi connectivity index (χ1n) is 8.54. The number of nitrogens with one attached hydrogen (secondary N) is 3. The molecule has 5 nitrogen and oxygen atoms in total. The molecule has 1 heterocycles. The minimum Gasteiger partial charge on any atom is -0.379 e. The van der Waals surface area contributed by atoms with Gasteiger partial charge in [0.15, 0.2) is 17.5 Å². The first-order chi connectivity index (χ1) is 12.1. The molecule has 0 bridgehead atoms. The number of amides is 1. The van der Waals surface area contributed by atoms with E-state index in [2.05, 4.69) is 16.0 Å². The van der Waals surface area contributed by atoms with E-state index < -0.39 is 23.4 Å². The summed E-state index contributed by atoms with van der Waals surface area (Å²) in [6.45, 7) is 2.18. The Morgan fingerprint density at radius 3 is 2.84 bits per heavy atom. The number of carbonyl (C=O) groups excluding carboxylic acids is 1. The van der Waals surface area contributed by atoms with E-state index in [9.17, 15) is 18.0 Å². The van der Waals surface area contributed by atoms with E-state index in [1.807, 2.05) is 0 Å². The molecule has 1 saturated carbocycles. The lowest BCUT2D eigenvalue weighted by Crippen LogP contribution is -2.51. The molecule has 0 aromatic heterocycles. The van der Waals surface area contributed by atoms with Crippen LogP contribution >= 0.6 is 0 Å². The Morgan fingerprint density at radius 2 is 2.08 bits per heavy atom. The van der Waals surface area contributed by atoms with Crippen molar-refractivity contribution < 1.29 is 22.7 Å². The number of rotatable bonds is 5. The molecule has 3 rings (SSSR count). The Bertz CT molecular complexity index is 623. The second-order valence-electron chi connectivity index (χ2n) is 6.49. The minimum atomic E-state index is -1.59. The minimum absolute atomic E-state index is 0.0207. The van der Waals surface area contributed by atoms with Crippen molar-refractivity contribution in [1.29, 1.82) is 0 Å². The van der Waals surface area contributed by atoms with E-state index in [-0.39, 0.29) is 24.3 Å². The third-order valence-corrected chi connectivity index (χ3v) is 4.87. The van der Waals surface area contributed by atoms with Crippen molar-refractivity contribution in [3.63, 3.8) is 0 Å². The third kappa shape index (κ3) is 4.31. The molecule has 1 aromatic carbocycles. The average Bonchev–Trinajstić information content (AvgIpc) is 3.10. The molecule has 138 valence electrons. The molecule has 1 saturated heterocycles. The van der Waals surface area contributed by atoms with Crippen molar-refractivity contribution in [2.45, 2.75) is 31.3 Å². The predicted octanol–water partition coefficient (Wildman–Crippen LogP) is 1.79. The molecule has 1 amide bonds. The van der Waals surface area contributed by atoms with E-state index in [0.717, 1.165) is 37.9 Å². The highest BCUT2D eigenvalue weighted by Gasteiger charge is 2.34. The summed E-state index contributed by atoms with van der Waals surface area (Å²) >= 11 is 0. The van der Waals surface area contributed by atoms with E-state index in [1.54, 1.807) is 0 Å². The molecule has 0 spiro atoms. The Hall–Kier alpha value is -1.64. The second kappa shape index (κ2) is 8.16. The fraction of sp³-hybridized carbons (Fsp3) is 0.588. The van der Waals surface area contributed by atoms with E-state index in [1.165, 1.54) is 0 Å². The Kier molecular flexibility index (Phi) is 5.93. The quantitative estimate of drug-likeness (QED) is 0.703. The summed E-state index contributed by atoms with van der Waals surface area (Å²) in [6.07, 6.45) is 3.08. The van der Waals surface area contributed by atoms with Gasteiger partial charge in [-0.05, 0) is 30.9 Å². The maximum absolute atomic E-state index is 13.6. The van der Waals surface area contributed by atoms with Crippen LogP contribution in [0.3, 0.4) is 0 Å².